The maximum absolute atomic E-state index is 10.4. The summed E-state index contributed by atoms with van der Waals surface area (Å²) in [7, 11) is 0. The molecule has 0 atom stereocenters. The zero-order valence-corrected chi connectivity index (χ0v) is 7.45. The number of carbonyl (C=O) groups is 2. The second-order valence-corrected chi connectivity index (χ2v) is 2.41. The molecule has 0 bridgehead atoms. The molecule has 0 radical (unpaired) electrons. The van der Waals surface area contributed by atoms with Crippen molar-refractivity contribution in [1.82, 2.24) is 0 Å². The molecule has 0 fully saturated rings. The minimum absolute atomic E-state index is 0.0344. The lowest BCUT2D eigenvalue weighted by atomic mass is 10.3. The van der Waals surface area contributed by atoms with E-state index in [1.54, 1.807) is 6.08 Å². The molecule has 4 nitrogen and oxygen atoms in total. The quantitative estimate of drug-likeness (QED) is 0.399. The normalized spacial score (nSPS) is 9.92. The first-order chi connectivity index (χ1) is 6.02. The number of rotatable bonds is 5. The Bertz CT molecular complexity index is 240. The predicted molar refractivity (Wildman–Crippen MR) is 46.9 cm³/mol. The van der Waals surface area contributed by atoms with Gasteiger partial charge in [-0.05, 0) is 0 Å². The topological polar surface area (TPSA) is 63.6 Å². The summed E-state index contributed by atoms with van der Waals surface area (Å²) in [4.78, 5) is 20.5. The molecule has 0 aromatic heterocycles. The van der Waals surface area contributed by atoms with Crippen LogP contribution in [-0.4, -0.2) is 17.0 Å². The summed E-state index contributed by atoms with van der Waals surface area (Å²) in [6, 6.07) is 0. The summed E-state index contributed by atoms with van der Waals surface area (Å²) >= 11 is 0. The number of aliphatic carboxylic acids is 1. The zero-order valence-electron chi connectivity index (χ0n) is 7.45. The van der Waals surface area contributed by atoms with Gasteiger partial charge in [0, 0.05) is 13.3 Å². The molecule has 0 saturated carbocycles. The molecule has 72 valence electrons. The minimum atomic E-state index is -0.894. The molecule has 1 N–H and O–H groups in total. The number of allylic oxidation sites excluding steroid dienone is 1. The van der Waals surface area contributed by atoms with Gasteiger partial charge in [0.25, 0.3) is 0 Å². The Labute approximate surface area is 76.5 Å². The summed E-state index contributed by atoms with van der Waals surface area (Å²) in [5.41, 5.74) is 0. The SMILES string of the molecule is C=C(C/C=C/CC(=O)O)OC(C)=O. The fourth-order valence-corrected chi connectivity index (χ4v) is 0.644. The third kappa shape index (κ3) is 8.33. The van der Waals surface area contributed by atoms with Gasteiger partial charge >= 0.3 is 11.9 Å². The van der Waals surface area contributed by atoms with E-state index in [4.69, 9.17) is 5.11 Å². The highest BCUT2D eigenvalue weighted by Gasteiger charge is 1.96. The Hall–Kier alpha value is -1.58. The Morgan fingerprint density at radius 1 is 1.38 bits per heavy atom. The fraction of sp³-hybridized carbons (Fsp3) is 0.333. The summed E-state index contributed by atoms with van der Waals surface area (Å²) in [5.74, 6) is -1.000. The number of ether oxygens (including phenoxy) is 1. The molecule has 0 amide bonds. The van der Waals surface area contributed by atoms with Crippen molar-refractivity contribution in [3.63, 3.8) is 0 Å². The molecular weight excluding hydrogens is 172 g/mol. The predicted octanol–water partition coefficient (Wildman–Crippen LogP) is 1.48. The smallest absolute Gasteiger partial charge is 0.307 e. The molecule has 0 aliphatic rings. The van der Waals surface area contributed by atoms with Gasteiger partial charge < -0.3 is 9.84 Å². The third-order valence-electron chi connectivity index (χ3n) is 1.09. The molecule has 0 aliphatic heterocycles. The second-order valence-electron chi connectivity index (χ2n) is 2.41. The van der Waals surface area contributed by atoms with Crippen LogP contribution in [0.5, 0.6) is 0 Å². The van der Waals surface area contributed by atoms with Crippen molar-refractivity contribution in [2.45, 2.75) is 19.8 Å². The summed E-state index contributed by atoms with van der Waals surface area (Å²) < 4.78 is 4.63. The van der Waals surface area contributed by atoms with Gasteiger partial charge in [-0.25, -0.2) is 0 Å². The van der Waals surface area contributed by atoms with Gasteiger partial charge in [0.1, 0.15) is 5.76 Å². The third-order valence-corrected chi connectivity index (χ3v) is 1.09. The van der Waals surface area contributed by atoms with Crippen LogP contribution in [0.2, 0.25) is 0 Å². The van der Waals surface area contributed by atoms with E-state index in [0.717, 1.165) is 0 Å². The van der Waals surface area contributed by atoms with Gasteiger partial charge in [-0.15, -0.1) is 0 Å². The average molecular weight is 184 g/mol. The molecule has 0 heterocycles. The van der Waals surface area contributed by atoms with Crippen LogP contribution in [0.15, 0.2) is 24.5 Å². The van der Waals surface area contributed by atoms with Crippen LogP contribution in [0.3, 0.4) is 0 Å². The minimum Gasteiger partial charge on any atom is -0.481 e. The standard InChI is InChI=1S/C9H12O4/c1-7(13-8(2)10)5-3-4-6-9(11)12/h3-4H,1,5-6H2,2H3,(H,11,12)/b4-3+. The van der Waals surface area contributed by atoms with Crippen molar-refractivity contribution in [3.8, 4) is 0 Å². The molecule has 0 unspecified atom stereocenters. The second kappa shape index (κ2) is 5.99. The van der Waals surface area contributed by atoms with E-state index in [1.807, 2.05) is 0 Å². The highest BCUT2D eigenvalue weighted by Crippen LogP contribution is 2.01. The number of carbonyl (C=O) groups excluding carboxylic acids is 1. The first-order valence-corrected chi connectivity index (χ1v) is 3.75. The largest absolute Gasteiger partial charge is 0.481 e. The van der Waals surface area contributed by atoms with Crippen molar-refractivity contribution >= 4 is 11.9 Å². The Morgan fingerprint density at radius 2 is 1.92 bits per heavy atom. The van der Waals surface area contributed by atoms with Crippen LogP contribution in [0.4, 0.5) is 0 Å². The first kappa shape index (κ1) is 11.4. The lowest BCUT2D eigenvalue weighted by Gasteiger charge is -2.00. The highest BCUT2D eigenvalue weighted by atomic mass is 16.5. The molecule has 0 aromatic carbocycles. The van der Waals surface area contributed by atoms with Crippen LogP contribution in [-0.2, 0) is 14.3 Å². The Kier molecular flexibility index (Phi) is 5.27. The van der Waals surface area contributed by atoms with Gasteiger partial charge in [0.15, 0.2) is 0 Å². The van der Waals surface area contributed by atoms with Gasteiger partial charge in [-0.2, -0.15) is 0 Å². The molecule has 4 heteroatoms. The Morgan fingerprint density at radius 3 is 2.38 bits per heavy atom. The molecule has 0 rings (SSSR count). The number of esters is 1. The monoisotopic (exact) mass is 184 g/mol. The van der Waals surface area contributed by atoms with E-state index in [-0.39, 0.29) is 6.42 Å². The van der Waals surface area contributed by atoms with Crippen molar-refractivity contribution in [1.29, 1.82) is 0 Å². The molecule has 0 aromatic rings. The van der Waals surface area contributed by atoms with Gasteiger partial charge in [0.2, 0.25) is 0 Å². The average Bonchev–Trinajstić information content (AvgIpc) is 1.96. The molecule has 13 heavy (non-hydrogen) atoms. The van der Waals surface area contributed by atoms with Crippen molar-refractivity contribution in [2.75, 3.05) is 0 Å². The lowest BCUT2D eigenvalue weighted by molar-refractivity contribution is -0.137. The Balaban J connectivity index is 3.63. The van der Waals surface area contributed by atoms with Crippen LogP contribution < -0.4 is 0 Å². The van der Waals surface area contributed by atoms with E-state index >= 15 is 0 Å². The summed E-state index contributed by atoms with van der Waals surface area (Å²) in [6.07, 6.45) is 3.40. The first-order valence-electron chi connectivity index (χ1n) is 3.75. The maximum atomic E-state index is 10.4. The molecular formula is C9H12O4. The van der Waals surface area contributed by atoms with Crippen LogP contribution >= 0.6 is 0 Å². The van der Waals surface area contributed by atoms with Gasteiger partial charge in [0.05, 0.1) is 6.42 Å². The summed E-state index contributed by atoms with van der Waals surface area (Å²) in [6.45, 7) is 4.75. The number of hydrogen-bond donors (Lipinski definition) is 1. The zero-order chi connectivity index (χ0) is 10.3. The number of carboxylic acid groups (broad SMARTS) is 1. The van der Waals surface area contributed by atoms with Gasteiger partial charge in [-0.3, -0.25) is 9.59 Å². The van der Waals surface area contributed by atoms with Crippen LogP contribution in [0, 0.1) is 0 Å². The van der Waals surface area contributed by atoms with Crippen molar-refractivity contribution < 1.29 is 19.4 Å². The van der Waals surface area contributed by atoms with E-state index in [2.05, 4.69) is 11.3 Å². The fourth-order valence-electron chi connectivity index (χ4n) is 0.644. The highest BCUT2D eigenvalue weighted by molar-refractivity contribution is 5.68. The number of carboxylic acids is 1. The van der Waals surface area contributed by atoms with Gasteiger partial charge in [-0.1, -0.05) is 18.7 Å². The molecule has 0 aliphatic carbocycles. The van der Waals surface area contributed by atoms with E-state index in [9.17, 15) is 9.59 Å². The molecule has 0 saturated heterocycles. The van der Waals surface area contributed by atoms with E-state index in [0.29, 0.717) is 12.2 Å². The molecule has 0 spiro atoms. The van der Waals surface area contributed by atoms with E-state index in [1.165, 1.54) is 13.0 Å². The van der Waals surface area contributed by atoms with Crippen molar-refractivity contribution in [2.24, 2.45) is 0 Å². The van der Waals surface area contributed by atoms with Crippen molar-refractivity contribution in [3.05, 3.63) is 24.5 Å². The maximum Gasteiger partial charge on any atom is 0.307 e. The van der Waals surface area contributed by atoms with Crippen LogP contribution in [0.25, 0.3) is 0 Å². The van der Waals surface area contributed by atoms with Crippen LogP contribution in [0.1, 0.15) is 19.8 Å². The summed E-state index contributed by atoms with van der Waals surface area (Å²) in [5, 5.41) is 8.27. The van der Waals surface area contributed by atoms with E-state index < -0.39 is 11.9 Å². The number of hydrogen-bond acceptors (Lipinski definition) is 3. The lowest BCUT2D eigenvalue weighted by Crippen LogP contribution is -1.96.